The molecular formula is C19H10ClN5O2S2. The molecule has 1 aromatic heterocycles. The highest BCUT2D eigenvalue weighted by molar-refractivity contribution is 8.01. The molecule has 0 saturated heterocycles. The number of hydrogen-bond donors (Lipinski definition) is 1. The summed E-state index contributed by atoms with van der Waals surface area (Å²) in [5, 5.41) is 22.7. The van der Waals surface area contributed by atoms with Crippen LogP contribution in [0.1, 0.15) is 5.56 Å². The van der Waals surface area contributed by atoms with Gasteiger partial charge in [-0.05, 0) is 35.3 Å². The van der Waals surface area contributed by atoms with E-state index in [1.807, 2.05) is 48.5 Å². The van der Waals surface area contributed by atoms with Crippen LogP contribution >= 0.6 is 23.4 Å². The molecule has 1 N–H and O–H groups in total. The molecule has 142 valence electrons. The number of halogens is 1. The van der Waals surface area contributed by atoms with Crippen molar-refractivity contribution < 1.29 is 8.42 Å². The van der Waals surface area contributed by atoms with Crippen molar-refractivity contribution in [3.05, 3.63) is 65.2 Å². The van der Waals surface area contributed by atoms with E-state index in [-0.39, 0.29) is 26.6 Å². The third-order valence-electron chi connectivity index (χ3n) is 4.51. The van der Waals surface area contributed by atoms with Crippen LogP contribution < -0.4 is 5.32 Å². The van der Waals surface area contributed by atoms with Gasteiger partial charge in [0.2, 0.25) is 11.1 Å². The van der Waals surface area contributed by atoms with Gasteiger partial charge in [0.25, 0.3) is 10.0 Å². The smallest absolute Gasteiger partial charge is 0.273 e. The predicted molar refractivity (Wildman–Crippen MR) is 110 cm³/mol. The molecule has 7 nitrogen and oxygen atoms in total. The van der Waals surface area contributed by atoms with Crippen LogP contribution in [-0.2, 0) is 10.0 Å². The van der Waals surface area contributed by atoms with Crippen LogP contribution in [0.25, 0.3) is 10.8 Å². The van der Waals surface area contributed by atoms with Gasteiger partial charge in [-0.1, -0.05) is 48.0 Å². The second kappa shape index (κ2) is 6.49. The highest BCUT2D eigenvalue weighted by atomic mass is 35.5. The van der Waals surface area contributed by atoms with Gasteiger partial charge in [0.05, 0.1) is 10.6 Å². The standard InChI is InChI=1S/C19H10ClN5O2S2/c20-14-9-16-17(8-12(14)10-21)29(26,27)25-18(23-24-19(25)28-16)22-15-7-3-5-11-4-1-2-6-13(11)15/h1-9H,(H,22,23). The quantitative estimate of drug-likeness (QED) is 0.435. The fourth-order valence-corrected chi connectivity index (χ4v) is 6.40. The topological polar surface area (TPSA) is 101 Å². The molecule has 10 heteroatoms. The van der Waals surface area contributed by atoms with E-state index in [0.717, 1.165) is 26.5 Å². The highest BCUT2D eigenvalue weighted by Gasteiger charge is 2.35. The predicted octanol–water partition coefficient (Wildman–Crippen LogP) is 4.40. The molecule has 0 aliphatic carbocycles. The Labute approximate surface area is 175 Å². The Morgan fingerprint density at radius 2 is 1.90 bits per heavy atom. The second-order valence-electron chi connectivity index (χ2n) is 6.22. The van der Waals surface area contributed by atoms with E-state index in [0.29, 0.717) is 10.6 Å². The van der Waals surface area contributed by atoms with Crippen molar-refractivity contribution in [1.29, 1.82) is 5.26 Å². The zero-order chi connectivity index (χ0) is 20.2. The zero-order valence-electron chi connectivity index (χ0n) is 14.5. The summed E-state index contributed by atoms with van der Waals surface area (Å²) in [4.78, 5) is 0.405. The third kappa shape index (κ3) is 2.76. The Bertz CT molecular complexity index is 1450. The number of benzene rings is 3. The Balaban J connectivity index is 1.65. The SMILES string of the molecule is N#Cc1cc2c(cc1Cl)Sc1nnc(Nc3cccc4ccccc34)n1S2(=O)=O. The summed E-state index contributed by atoms with van der Waals surface area (Å²) in [6.45, 7) is 0. The first-order valence-corrected chi connectivity index (χ1v) is 11.0. The summed E-state index contributed by atoms with van der Waals surface area (Å²) in [6, 6.07) is 18.1. The summed E-state index contributed by atoms with van der Waals surface area (Å²) < 4.78 is 27.6. The van der Waals surface area contributed by atoms with E-state index in [4.69, 9.17) is 11.6 Å². The molecule has 2 heterocycles. The minimum atomic E-state index is -4.01. The van der Waals surface area contributed by atoms with Gasteiger partial charge in [-0.3, -0.25) is 0 Å². The van der Waals surface area contributed by atoms with Crippen LogP contribution in [0.4, 0.5) is 11.6 Å². The fourth-order valence-electron chi connectivity index (χ4n) is 3.17. The molecule has 3 aromatic carbocycles. The van der Waals surface area contributed by atoms with E-state index >= 15 is 0 Å². The largest absolute Gasteiger partial charge is 0.323 e. The van der Waals surface area contributed by atoms with Gasteiger partial charge >= 0.3 is 0 Å². The molecule has 0 bridgehead atoms. The normalized spacial score (nSPS) is 14.1. The van der Waals surface area contributed by atoms with Crippen LogP contribution in [-0.4, -0.2) is 22.6 Å². The van der Waals surface area contributed by atoms with Crippen molar-refractivity contribution in [1.82, 2.24) is 14.2 Å². The summed E-state index contributed by atoms with van der Waals surface area (Å²) in [5.74, 6) is 0.0722. The van der Waals surface area contributed by atoms with E-state index in [9.17, 15) is 13.7 Å². The summed E-state index contributed by atoms with van der Waals surface area (Å²) in [7, 11) is -4.01. The van der Waals surface area contributed by atoms with Crippen LogP contribution in [0, 0.1) is 11.3 Å². The number of nitrogens with one attached hydrogen (secondary N) is 1. The van der Waals surface area contributed by atoms with Crippen molar-refractivity contribution in [2.45, 2.75) is 14.9 Å². The molecule has 5 rings (SSSR count). The molecular weight excluding hydrogens is 430 g/mol. The van der Waals surface area contributed by atoms with Crippen molar-refractivity contribution in [3.8, 4) is 6.07 Å². The first-order chi connectivity index (χ1) is 14.0. The van der Waals surface area contributed by atoms with Gasteiger partial charge in [-0.15, -0.1) is 10.2 Å². The molecule has 0 radical (unpaired) electrons. The lowest BCUT2D eigenvalue weighted by molar-refractivity contribution is 0.579. The molecule has 4 aromatic rings. The Morgan fingerprint density at radius 3 is 2.72 bits per heavy atom. The number of rotatable bonds is 2. The number of anilines is 2. The molecule has 1 aliphatic heterocycles. The summed E-state index contributed by atoms with van der Waals surface area (Å²) in [5.41, 5.74) is 0.799. The number of nitrogens with zero attached hydrogens (tertiary/aromatic N) is 4. The first-order valence-electron chi connectivity index (χ1n) is 8.36. The van der Waals surface area contributed by atoms with E-state index in [2.05, 4.69) is 15.5 Å². The Hall–Kier alpha value is -3.06. The van der Waals surface area contributed by atoms with Gasteiger partial charge in [0.15, 0.2) is 0 Å². The van der Waals surface area contributed by atoms with Gasteiger partial charge in [0.1, 0.15) is 11.0 Å². The maximum Gasteiger partial charge on any atom is 0.273 e. The number of fused-ring (bicyclic) bond motifs is 3. The second-order valence-corrected chi connectivity index (χ2v) is 9.39. The van der Waals surface area contributed by atoms with Crippen LogP contribution in [0.2, 0.25) is 5.02 Å². The summed E-state index contributed by atoms with van der Waals surface area (Å²) >= 11 is 7.19. The highest BCUT2D eigenvalue weighted by Crippen LogP contribution is 2.43. The molecule has 0 atom stereocenters. The van der Waals surface area contributed by atoms with Crippen molar-refractivity contribution in [3.63, 3.8) is 0 Å². The molecule has 1 aliphatic rings. The minimum Gasteiger partial charge on any atom is -0.323 e. The molecule has 0 spiro atoms. The third-order valence-corrected chi connectivity index (χ3v) is 7.79. The van der Waals surface area contributed by atoms with Gasteiger partial charge in [-0.25, -0.2) is 8.42 Å². The number of hydrogen-bond acceptors (Lipinski definition) is 7. The minimum absolute atomic E-state index is 0.00304. The van der Waals surface area contributed by atoms with E-state index < -0.39 is 10.0 Å². The van der Waals surface area contributed by atoms with Crippen molar-refractivity contribution in [2.24, 2.45) is 0 Å². The Morgan fingerprint density at radius 1 is 1.10 bits per heavy atom. The lowest BCUT2D eigenvalue weighted by Crippen LogP contribution is -2.20. The van der Waals surface area contributed by atoms with E-state index in [1.165, 1.54) is 12.1 Å². The maximum absolute atomic E-state index is 13.3. The monoisotopic (exact) mass is 439 g/mol. The van der Waals surface area contributed by atoms with Crippen LogP contribution in [0.5, 0.6) is 0 Å². The number of nitriles is 1. The van der Waals surface area contributed by atoms with Crippen molar-refractivity contribution >= 4 is 55.8 Å². The number of aromatic nitrogens is 3. The van der Waals surface area contributed by atoms with Gasteiger partial charge < -0.3 is 5.32 Å². The zero-order valence-corrected chi connectivity index (χ0v) is 16.9. The van der Waals surface area contributed by atoms with Crippen LogP contribution in [0.3, 0.4) is 0 Å². The molecule has 0 amide bonds. The first kappa shape index (κ1) is 18.0. The lowest BCUT2D eigenvalue weighted by Gasteiger charge is -2.19. The average molecular weight is 440 g/mol. The Kier molecular flexibility index (Phi) is 4.03. The summed E-state index contributed by atoms with van der Waals surface area (Å²) in [6.07, 6.45) is 0. The fraction of sp³-hybridized carbons (Fsp3) is 0. The molecule has 0 unspecified atom stereocenters. The van der Waals surface area contributed by atoms with Crippen LogP contribution in [0.15, 0.2) is 69.5 Å². The maximum atomic E-state index is 13.3. The van der Waals surface area contributed by atoms with Gasteiger partial charge in [-0.2, -0.15) is 9.23 Å². The van der Waals surface area contributed by atoms with E-state index in [1.54, 1.807) is 0 Å². The molecule has 29 heavy (non-hydrogen) atoms. The lowest BCUT2D eigenvalue weighted by atomic mass is 10.1. The molecule has 0 saturated carbocycles. The molecule has 0 fully saturated rings. The van der Waals surface area contributed by atoms with Crippen molar-refractivity contribution in [2.75, 3.05) is 5.32 Å². The van der Waals surface area contributed by atoms with Gasteiger partial charge in [0, 0.05) is 16.0 Å². The average Bonchev–Trinajstić information content (AvgIpc) is 3.11.